The van der Waals surface area contributed by atoms with Crippen molar-refractivity contribution in [3.8, 4) is 0 Å². The lowest BCUT2D eigenvalue weighted by Crippen LogP contribution is -2.66. The molecule has 2 atom stereocenters. The minimum absolute atomic E-state index is 0.00783. The van der Waals surface area contributed by atoms with Crippen molar-refractivity contribution >= 4 is 11.6 Å². The normalized spacial score (nSPS) is 29.7. The molecule has 1 amide bonds. The van der Waals surface area contributed by atoms with Gasteiger partial charge in [-0.05, 0) is 57.5 Å². The van der Waals surface area contributed by atoms with Crippen molar-refractivity contribution in [1.82, 2.24) is 15.5 Å². The van der Waals surface area contributed by atoms with Gasteiger partial charge in [-0.1, -0.05) is 12.1 Å². The van der Waals surface area contributed by atoms with Gasteiger partial charge in [0, 0.05) is 38.3 Å². The number of carbonyl (C=O) groups excluding carboxylic acids is 1. The Hall–Kier alpha value is -1.67. The van der Waals surface area contributed by atoms with Crippen LogP contribution in [-0.4, -0.2) is 85.6 Å². The molecule has 0 unspecified atom stereocenters. The maximum atomic E-state index is 12.9. The molecular formula is C23H36N4O3. The Kier molecular flexibility index (Phi) is 6.34. The third-order valence-corrected chi connectivity index (χ3v) is 7.02. The molecule has 3 fully saturated rings. The van der Waals surface area contributed by atoms with Gasteiger partial charge in [-0.15, -0.1) is 0 Å². The number of nitrogens with zero attached hydrogens (tertiary/aromatic N) is 2. The molecule has 0 saturated carbocycles. The Morgan fingerprint density at radius 3 is 2.70 bits per heavy atom. The maximum Gasteiger partial charge on any atom is 0.234 e. The Morgan fingerprint density at radius 2 is 2.00 bits per heavy atom. The third-order valence-electron chi connectivity index (χ3n) is 7.02. The van der Waals surface area contributed by atoms with E-state index in [-0.39, 0.29) is 18.1 Å². The number of aryl methyl sites for hydroxylation is 1. The molecular weight excluding hydrogens is 380 g/mol. The van der Waals surface area contributed by atoms with Crippen molar-refractivity contribution in [2.75, 3.05) is 57.3 Å². The van der Waals surface area contributed by atoms with Gasteiger partial charge < -0.3 is 25.4 Å². The molecule has 4 rings (SSSR count). The number of carbonyl (C=O) groups is 1. The molecule has 3 aliphatic rings. The van der Waals surface area contributed by atoms with Gasteiger partial charge in [-0.3, -0.25) is 9.69 Å². The van der Waals surface area contributed by atoms with Crippen molar-refractivity contribution < 1.29 is 14.6 Å². The first-order valence-electron chi connectivity index (χ1n) is 11.3. The molecule has 3 N–H and O–H groups in total. The smallest absolute Gasteiger partial charge is 0.234 e. The summed E-state index contributed by atoms with van der Waals surface area (Å²) in [6.45, 7) is 10.1. The summed E-state index contributed by atoms with van der Waals surface area (Å²) in [4.78, 5) is 17.5. The number of anilines is 1. The van der Waals surface area contributed by atoms with Crippen LogP contribution in [0, 0.1) is 6.92 Å². The molecule has 166 valence electrons. The quantitative estimate of drug-likeness (QED) is 0.677. The zero-order valence-corrected chi connectivity index (χ0v) is 18.3. The number of rotatable bonds is 4. The van der Waals surface area contributed by atoms with Crippen LogP contribution in [0.25, 0.3) is 0 Å². The van der Waals surface area contributed by atoms with E-state index < -0.39 is 11.6 Å². The summed E-state index contributed by atoms with van der Waals surface area (Å²) in [5.74, 6) is -0.00783. The average molecular weight is 417 g/mol. The highest BCUT2D eigenvalue weighted by atomic mass is 16.5. The van der Waals surface area contributed by atoms with Gasteiger partial charge in [0.25, 0.3) is 0 Å². The van der Waals surface area contributed by atoms with Gasteiger partial charge in [-0.2, -0.15) is 0 Å². The minimum Gasteiger partial charge on any atom is -0.388 e. The molecule has 7 nitrogen and oxygen atoms in total. The van der Waals surface area contributed by atoms with E-state index in [1.54, 1.807) is 0 Å². The molecule has 0 bridgehead atoms. The van der Waals surface area contributed by atoms with Gasteiger partial charge in [0.1, 0.15) is 6.10 Å². The van der Waals surface area contributed by atoms with Crippen LogP contribution < -0.4 is 15.5 Å². The van der Waals surface area contributed by atoms with E-state index in [1.807, 2.05) is 6.92 Å². The first-order chi connectivity index (χ1) is 14.4. The molecule has 0 aliphatic carbocycles. The molecule has 3 heterocycles. The van der Waals surface area contributed by atoms with Crippen LogP contribution in [0.2, 0.25) is 0 Å². The lowest BCUT2D eigenvalue weighted by Gasteiger charge is -2.50. The summed E-state index contributed by atoms with van der Waals surface area (Å²) < 4.78 is 6.05. The fourth-order valence-electron chi connectivity index (χ4n) is 5.16. The van der Waals surface area contributed by atoms with Crippen LogP contribution in [0.3, 0.4) is 0 Å². The van der Waals surface area contributed by atoms with Crippen LogP contribution in [-0.2, 0) is 9.53 Å². The van der Waals surface area contributed by atoms with E-state index in [1.165, 1.54) is 11.3 Å². The number of hydrogen-bond donors (Lipinski definition) is 3. The number of hydrogen-bond acceptors (Lipinski definition) is 6. The van der Waals surface area contributed by atoms with Crippen LogP contribution in [0.4, 0.5) is 5.69 Å². The average Bonchev–Trinajstić information content (AvgIpc) is 2.72. The predicted octanol–water partition coefficient (Wildman–Crippen LogP) is 0.895. The van der Waals surface area contributed by atoms with Crippen molar-refractivity contribution in [3.63, 3.8) is 0 Å². The lowest BCUT2D eigenvalue weighted by molar-refractivity contribution is -0.174. The fourth-order valence-corrected chi connectivity index (χ4v) is 5.16. The number of nitrogens with one attached hydrogen (secondary N) is 2. The SMILES string of the molecule is Cc1cccc(N2CCN(CC(=O)N[C@@]3(C)CC4(CCNCC4)OC[C@@H]3O)CC2)c1. The number of ether oxygens (including phenoxy) is 1. The largest absolute Gasteiger partial charge is 0.388 e. The molecule has 1 spiro atoms. The predicted molar refractivity (Wildman–Crippen MR) is 118 cm³/mol. The summed E-state index contributed by atoms with van der Waals surface area (Å²) in [5.41, 5.74) is 1.65. The highest BCUT2D eigenvalue weighted by Crippen LogP contribution is 2.38. The molecule has 3 saturated heterocycles. The third kappa shape index (κ3) is 4.80. The zero-order chi connectivity index (χ0) is 21.2. The molecule has 3 aliphatic heterocycles. The van der Waals surface area contributed by atoms with Gasteiger partial charge >= 0.3 is 0 Å². The standard InChI is InChI=1S/C23H36N4O3/c1-18-4-3-5-19(14-18)27-12-10-26(11-13-27)15-21(29)25-22(2)17-23(30-16-20(22)28)6-8-24-9-7-23/h3-5,14,20,24,28H,6-13,15-17H2,1-2H3,(H,25,29)/t20-,22-/m0/s1. The summed E-state index contributed by atoms with van der Waals surface area (Å²) in [7, 11) is 0. The topological polar surface area (TPSA) is 77.1 Å². The number of aliphatic hydroxyl groups is 1. The monoisotopic (exact) mass is 416 g/mol. The second-order valence-electron chi connectivity index (χ2n) is 9.50. The maximum absolute atomic E-state index is 12.9. The van der Waals surface area contributed by atoms with E-state index in [9.17, 15) is 9.90 Å². The van der Waals surface area contributed by atoms with Gasteiger partial charge in [-0.25, -0.2) is 0 Å². The molecule has 30 heavy (non-hydrogen) atoms. The second kappa shape index (κ2) is 8.83. The number of piperazine rings is 1. The van der Waals surface area contributed by atoms with E-state index in [2.05, 4.69) is 51.6 Å². The van der Waals surface area contributed by atoms with E-state index in [4.69, 9.17) is 4.74 Å². The number of amides is 1. The van der Waals surface area contributed by atoms with E-state index in [0.29, 0.717) is 13.0 Å². The summed E-state index contributed by atoms with van der Waals surface area (Å²) in [6, 6.07) is 8.58. The van der Waals surface area contributed by atoms with Crippen molar-refractivity contribution in [3.05, 3.63) is 29.8 Å². The first kappa shape index (κ1) is 21.6. The number of benzene rings is 1. The van der Waals surface area contributed by atoms with Crippen molar-refractivity contribution in [2.45, 2.75) is 50.4 Å². The van der Waals surface area contributed by atoms with Crippen molar-refractivity contribution in [1.29, 1.82) is 0 Å². The first-order valence-corrected chi connectivity index (χ1v) is 11.3. The van der Waals surface area contributed by atoms with Crippen molar-refractivity contribution in [2.24, 2.45) is 0 Å². The fraction of sp³-hybridized carbons (Fsp3) is 0.696. The Bertz CT molecular complexity index is 744. The zero-order valence-electron chi connectivity index (χ0n) is 18.3. The van der Waals surface area contributed by atoms with Gasteiger partial charge in [0.15, 0.2) is 0 Å². The van der Waals surface area contributed by atoms with E-state index in [0.717, 1.165) is 52.1 Å². The molecule has 0 radical (unpaired) electrons. The highest BCUT2D eigenvalue weighted by Gasteiger charge is 2.49. The Labute approximate surface area is 179 Å². The van der Waals surface area contributed by atoms with Crippen LogP contribution in [0.5, 0.6) is 0 Å². The Morgan fingerprint density at radius 1 is 1.27 bits per heavy atom. The minimum atomic E-state index is -0.680. The van der Waals surface area contributed by atoms with Crippen LogP contribution in [0.1, 0.15) is 31.7 Å². The summed E-state index contributed by atoms with van der Waals surface area (Å²) >= 11 is 0. The highest BCUT2D eigenvalue weighted by molar-refractivity contribution is 5.79. The number of aliphatic hydroxyl groups excluding tert-OH is 1. The number of piperidine rings is 1. The molecule has 1 aromatic carbocycles. The molecule has 1 aromatic rings. The lowest BCUT2D eigenvalue weighted by atomic mass is 9.75. The molecule has 7 heteroatoms. The van der Waals surface area contributed by atoms with Gasteiger partial charge in [0.2, 0.25) is 5.91 Å². The molecule has 0 aromatic heterocycles. The summed E-state index contributed by atoms with van der Waals surface area (Å²) in [5, 5.41) is 17.1. The van der Waals surface area contributed by atoms with Crippen LogP contribution in [0.15, 0.2) is 24.3 Å². The van der Waals surface area contributed by atoms with Crippen LogP contribution >= 0.6 is 0 Å². The summed E-state index contributed by atoms with van der Waals surface area (Å²) in [6.07, 6.45) is 1.83. The van der Waals surface area contributed by atoms with Gasteiger partial charge in [0.05, 0.1) is 24.3 Å². The second-order valence-corrected chi connectivity index (χ2v) is 9.50. The van der Waals surface area contributed by atoms with E-state index >= 15 is 0 Å². The Balaban J connectivity index is 1.30.